The van der Waals surface area contributed by atoms with Crippen LogP contribution in [-0.2, 0) is 4.74 Å². The standard InChI is InChI=1S/C12H17N3O2/c1-17-12(16)15-8-4-5-10(9-15)14-11-6-2-3-7-13-11/h2-3,6-7,10H,4-5,8-9H2,1H3,(H,13,14). The predicted octanol–water partition coefficient (Wildman–Crippen LogP) is 1.72. The molecule has 1 atom stereocenters. The van der Waals surface area contributed by atoms with Crippen molar-refractivity contribution in [3.63, 3.8) is 0 Å². The van der Waals surface area contributed by atoms with Crippen molar-refractivity contribution in [3.05, 3.63) is 24.4 Å². The molecule has 0 saturated carbocycles. The van der Waals surface area contributed by atoms with Crippen LogP contribution in [0.4, 0.5) is 10.6 Å². The number of ether oxygens (including phenoxy) is 1. The lowest BCUT2D eigenvalue weighted by atomic mass is 10.1. The number of hydrogen-bond acceptors (Lipinski definition) is 4. The quantitative estimate of drug-likeness (QED) is 0.848. The van der Waals surface area contributed by atoms with E-state index in [9.17, 15) is 4.79 Å². The second-order valence-electron chi connectivity index (χ2n) is 4.11. The lowest BCUT2D eigenvalue weighted by Gasteiger charge is -2.32. The van der Waals surface area contributed by atoms with Gasteiger partial charge in [0.05, 0.1) is 7.11 Å². The molecule has 0 bridgehead atoms. The molecule has 0 spiro atoms. The van der Waals surface area contributed by atoms with Gasteiger partial charge in [0.1, 0.15) is 5.82 Å². The van der Waals surface area contributed by atoms with Crippen LogP contribution < -0.4 is 5.32 Å². The first-order valence-electron chi connectivity index (χ1n) is 5.80. The van der Waals surface area contributed by atoms with Gasteiger partial charge in [0.25, 0.3) is 0 Å². The van der Waals surface area contributed by atoms with Crippen molar-refractivity contribution in [1.29, 1.82) is 0 Å². The normalized spacial score (nSPS) is 19.8. The molecule has 0 aromatic carbocycles. The van der Waals surface area contributed by atoms with Gasteiger partial charge >= 0.3 is 6.09 Å². The number of hydrogen-bond donors (Lipinski definition) is 1. The van der Waals surface area contributed by atoms with Crippen LogP contribution in [0.15, 0.2) is 24.4 Å². The summed E-state index contributed by atoms with van der Waals surface area (Å²) >= 11 is 0. The minimum absolute atomic E-state index is 0.248. The van der Waals surface area contributed by atoms with E-state index in [1.165, 1.54) is 7.11 Å². The Morgan fingerprint density at radius 2 is 2.47 bits per heavy atom. The first-order chi connectivity index (χ1) is 8.29. The van der Waals surface area contributed by atoms with Crippen LogP contribution in [0.25, 0.3) is 0 Å². The summed E-state index contributed by atoms with van der Waals surface area (Å²) < 4.78 is 4.73. The first kappa shape index (κ1) is 11.7. The molecule has 1 saturated heterocycles. The number of piperidine rings is 1. The van der Waals surface area contributed by atoms with Gasteiger partial charge < -0.3 is 15.0 Å². The van der Waals surface area contributed by atoms with E-state index < -0.39 is 0 Å². The third kappa shape index (κ3) is 3.09. The number of carbonyl (C=O) groups excluding carboxylic acids is 1. The van der Waals surface area contributed by atoms with Gasteiger partial charge in [-0.1, -0.05) is 6.07 Å². The van der Waals surface area contributed by atoms with Gasteiger partial charge in [0.2, 0.25) is 0 Å². The Balaban J connectivity index is 1.92. The van der Waals surface area contributed by atoms with Crippen molar-refractivity contribution in [3.8, 4) is 0 Å². The maximum absolute atomic E-state index is 11.4. The number of rotatable bonds is 2. The van der Waals surface area contributed by atoms with Crippen molar-refractivity contribution >= 4 is 11.9 Å². The van der Waals surface area contributed by atoms with Crippen molar-refractivity contribution in [2.45, 2.75) is 18.9 Å². The summed E-state index contributed by atoms with van der Waals surface area (Å²) in [5.41, 5.74) is 0. The largest absolute Gasteiger partial charge is 0.453 e. The lowest BCUT2D eigenvalue weighted by Crippen LogP contribution is -2.45. The molecule has 1 fully saturated rings. The number of methoxy groups -OCH3 is 1. The summed E-state index contributed by atoms with van der Waals surface area (Å²) in [5.74, 6) is 0.851. The molecule has 0 radical (unpaired) electrons. The van der Waals surface area contributed by atoms with E-state index in [0.29, 0.717) is 6.54 Å². The lowest BCUT2D eigenvalue weighted by molar-refractivity contribution is 0.113. The zero-order valence-corrected chi connectivity index (χ0v) is 9.93. The first-order valence-corrected chi connectivity index (χ1v) is 5.80. The predicted molar refractivity (Wildman–Crippen MR) is 64.9 cm³/mol. The number of nitrogens with one attached hydrogen (secondary N) is 1. The average molecular weight is 235 g/mol. The Hall–Kier alpha value is -1.78. The van der Waals surface area contributed by atoms with Gasteiger partial charge in [-0.25, -0.2) is 9.78 Å². The van der Waals surface area contributed by atoms with Crippen LogP contribution >= 0.6 is 0 Å². The van der Waals surface area contributed by atoms with Crippen molar-refractivity contribution in [2.75, 3.05) is 25.5 Å². The van der Waals surface area contributed by atoms with E-state index in [-0.39, 0.29) is 12.1 Å². The number of anilines is 1. The summed E-state index contributed by atoms with van der Waals surface area (Å²) in [6, 6.07) is 6.00. The molecule has 92 valence electrons. The summed E-state index contributed by atoms with van der Waals surface area (Å²) in [6.45, 7) is 1.44. The number of nitrogens with zero attached hydrogens (tertiary/aromatic N) is 2. The molecule has 2 heterocycles. The van der Waals surface area contributed by atoms with Gasteiger partial charge in [-0.15, -0.1) is 0 Å². The molecule has 1 unspecified atom stereocenters. The van der Waals surface area contributed by atoms with Crippen LogP contribution in [0, 0.1) is 0 Å². The second kappa shape index (κ2) is 5.52. The van der Waals surface area contributed by atoms with E-state index in [4.69, 9.17) is 4.74 Å². The van der Waals surface area contributed by atoms with Gasteiger partial charge in [0, 0.05) is 25.3 Å². The highest BCUT2D eigenvalue weighted by molar-refractivity contribution is 5.67. The maximum Gasteiger partial charge on any atom is 0.409 e. The maximum atomic E-state index is 11.4. The Bertz CT molecular complexity index is 369. The van der Waals surface area contributed by atoms with Crippen LogP contribution in [0.2, 0.25) is 0 Å². The number of aromatic nitrogens is 1. The molecule has 1 N–H and O–H groups in total. The van der Waals surface area contributed by atoms with E-state index in [1.54, 1.807) is 11.1 Å². The van der Waals surface area contributed by atoms with Crippen molar-refractivity contribution in [1.82, 2.24) is 9.88 Å². The molecule has 5 nitrogen and oxygen atoms in total. The third-order valence-corrected chi connectivity index (χ3v) is 2.87. The van der Waals surface area contributed by atoms with Gasteiger partial charge in [0.15, 0.2) is 0 Å². The topological polar surface area (TPSA) is 54.5 Å². The summed E-state index contributed by atoms with van der Waals surface area (Å²) in [6.07, 6.45) is 3.53. The van der Waals surface area contributed by atoms with E-state index >= 15 is 0 Å². The molecule has 1 aromatic rings. The van der Waals surface area contributed by atoms with Gasteiger partial charge in [-0.3, -0.25) is 0 Å². The molecule has 1 aromatic heterocycles. The van der Waals surface area contributed by atoms with Gasteiger partial charge in [-0.2, -0.15) is 0 Å². The monoisotopic (exact) mass is 235 g/mol. The average Bonchev–Trinajstić information content (AvgIpc) is 2.39. The summed E-state index contributed by atoms with van der Waals surface area (Å²) in [7, 11) is 1.41. The van der Waals surface area contributed by atoms with E-state index in [1.807, 2.05) is 18.2 Å². The zero-order valence-electron chi connectivity index (χ0n) is 9.93. The summed E-state index contributed by atoms with van der Waals surface area (Å²) in [4.78, 5) is 17.4. The van der Waals surface area contributed by atoms with Crippen LogP contribution in [0.5, 0.6) is 0 Å². The minimum atomic E-state index is -0.252. The summed E-state index contributed by atoms with van der Waals surface area (Å²) in [5, 5.41) is 3.33. The number of pyridine rings is 1. The molecule has 0 aliphatic carbocycles. The minimum Gasteiger partial charge on any atom is -0.453 e. The third-order valence-electron chi connectivity index (χ3n) is 2.87. The fourth-order valence-corrected chi connectivity index (χ4v) is 2.05. The molecular weight excluding hydrogens is 218 g/mol. The van der Waals surface area contributed by atoms with Crippen LogP contribution in [0.3, 0.4) is 0 Å². The SMILES string of the molecule is COC(=O)N1CCCC(Nc2ccccn2)C1. The smallest absolute Gasteiger partial charge is 0.409 e. The molecule has 1 amide bonds. The zero-order chi connectivity index (χ0) is 12.1. The fraction of sp³-hybridized carbons (Fsp3) is 0.500. The highest BCUT2D eigenvalue weighted by Gasteiger charge is 2.23. The fourth-order valence-electron chi connectivity index (χ4n) is 2.05. The highest BCUT2D eigenvalue weighted by Crippen LogP contribution is 2.14. The molecular formula is C12H17N3O2. The van der Waals surface area contributed by atoms with Crippen LogP contribution in [0.1, 0.15) is 12.8 Å². The van der Waals surface area contributed by atoms with Crippen molar-refractivity contribution < 1.29 is 9.53 Å². The van der Waals surface area contributed by atoms with E-state index in [2.05, 4.69) is 10.3 Å². The Kier molecular flexibility index (Phi) is 3.80. The number of amides is 1. The Labute approximate surface area is 101 Å². The number of carbonyl (C=O) groups is 1. The second-order valence-corrected chi connectivity index (χ2v) is 4.11. The Morgan fingerprint density at radius 1 is 1.59 bits per heavy atom. The molecule has 17 heavy (non-hydrogen) atoms. The number of likely N-dealkylation sites (tertiary alicyclic amines) is 1. The van der Waals surface area contributed by atoms with Crippen molar-refractivity contribution in [2.24, 2.45) is 0 Å². The molecule has 1 aliphatic rings. The van der Waals surface area contributed by atoms with E-state index in [0.717, 1.165) is 25.2 Å². The molecule has 5 heteroatoms. The van der Waals surface area contributed by atoms with Gasteiger partial charge in [-0.05, 0) is 25.0 Å². The van der Waals surface area contributed by atoms with Crippen LogP contribution in [-0.4, -0.2) is 42.2 Å². The Morgan fingerprint density at radius 3 is 3.18 bits per heavy atom. The molecule has 2 rings (SSSR count). The molecule has 1 aliphatic heterocycles. The highest BCUT2D eigenvalue weighted by atomic mass is 16.5.